The number of aromatic nitrogens is 2. The molecule has 0 radical (unpaired) electrons. The summed E-state index contributed by atoms with van der Waals surface area (Å²) in [6.45, 7) is 4.97. The summed E-state index contributed by atoms with van der Waals surface area (Å²) in [6.07, 6.45) is 5.95. The van der Waals surface area contributed by atoms with Crippen molar-refractivity contribution in [2.24, 2.45) is 0 Å². The quantitative estimate of drug-likeness (QED) is 0.581. The number of unbranched alkanes of at least 4 members (excludes halogenated alkanes) is 1. The van der Waals surface area contributed by atoms with Gasteiger partial charge in [0.15, 0.2) is 5.75 Å². The number of hydrogen-bond acceptors (Lipinski definition) is 2. The molecule has 0 atom stereocenters. The summed E-state index contributed by atoms with van der Waals surface area (Å²) in [5.74, 6) is 0.869. The molecule has 3 nitrogen and oxygen atoms in total. The largest absolute Gasteiger partial charge is 0.490 e. The van der Waals surface area contributed by atoms with Crippen LogP contribution in [0.25, 0.3) is 0 Å². The second-order valence-electron chi connectivity index (χ2n) is 3.49. The van der Waals surface area contributed by atoms with Gasteiger partial charge in [0.1, 0.15) is 0 Å². The van der Waals surface area contributed by atoms with Gasteiger partial charge in [-0.25, -0.2) is 0 Å². The number of halogens is 1. The zero-order valence-electron chi connectivity index (χ0n) is 8.74. The highest BCUT2D eigenvalue weighted by Crippen LogP contribution is 2.12. The van der Waals surface area contributed by atoms with Crippen LogP contribution in [0.5, 0.6) is 5.75 Å². The van der Waals surface area contributed by atoms with Crippen LogP contribution in [0, 0.1) is 0 Å². The van der Waals surface area contributed by atoms with E-state index in [4.69, 9.17) is 4.74 Å². The zero-order chi connectivity index (χ0) is 10.4. The molecule has 0 amide bonds. The maximum Gasteiger partial charge on any atom is 0.157 e. The van der Waals surface area contributed by atoms with Crippen LogP contribution in [0.15, 0.2) is 12.4 Å². The predicted molar refractivity (Wildman–Crippen MR) is 61.1 cm³/mol. The molecule has 4 heteroatoms. The van der Waals surface area contributed by atoms with Gasteiger partial charge in [0, 0.05) is 11.4 Å². The van der Waals surface area contributed by atoms with E-state index in [1.807, 2.05) is 10.9 Å². The van der Waals surface area contributed by atoms with Crippen molar-refractivity contribution in [1.29, 1.82) is 0 Å². The van der Waals surface area contributed by atoms with Crippen molar-refractivity contribution in [2.45, 2.75) is 32.7 Å². The minimum Gasteiger partial charge on any atom is -0.490 e. The van der Waals surface area contributed by atoms with Crippen molar-refractivity contribution in [1.82, 2.24) is 9.78 Å². The van der Waals surface area contributed by atoms with E-state index in [1.54, 1.807) is 6.20 Å². The van der Waals surface area contributed by atoms with Gasteiger partial charge in [-0.3, -0.25) is 4.68 Å². The second kappa shape index (κ2) is 6.06. The lowest BCUT2D eigenvalue weighted by atomic mass is 10.4. The highest BCUT2D eigenvalue weighted by molar-refractivity contribution is 9.09. The molecule has 0 unspecified atom stereocenters. The fourth-order valence-electron chi connectivity index (χ4n) is 1.06. The lowest BCUT2D eigenvalue weighted by Gasteiger charge is -2.03. The van der Waals surface area contributed by atoms with Gasteiger partial charge in [0.05, 0.1) is 19.0 Å². The summed E-state index contributed by atoms with van der Waals surface area (Å²) in [5, 5.41) is 5.24. The van der Waals surface area contributed by atoms with E-state index in [1.165, 1.54) is 0 Å². The van der Waals surface area contributed by atoms with Crippen molar-refractivity contribution < 1.29 is 4.74 Å². The smallest absolute Gasteiger partial charge is 0.157 e. The van der Waals surface area contributed by atoms with Crippen LogP contribution in [0.2, 0.25) is 0 Å². The summed E-state index contributed by atoms with van der Waals surface area (Å²) in [4.78, 5) is 0. The topological polar surface area (TPSA) is 27.1 Å². The molecule has 0 bridgehead atoms. The van der Waals surface area contributed by atoms with Crippen molar-refractivity contribution in [3.05, 3.63) is 12.4 Å². The van der Waals surface area contributed by atoms with Crippen molar-refractivity contribution in [3.63, 3.8) is 0 Å². The van der Waals surface area contributed by atoms with Crippen LogP contribution in [0.4, 0.5) is 0 Å². The fraction of sp³-hybridized carbons (Fsp3) is 0.700. The van der Waals surface area contributed by atoms with Gasteiger partial charge in [-0.05, 0) is 26.7 Å². The van der Waals surface area contributed by atoms with E-state index in [2.05, 4.69) is 34.9 Å². The molecule has 14 heavy (non-hydrogen) atoms. The number of rotatable bonds is 6. The highest BCUT2D eigenvalue weighted by Gasteiger charge is 2.01. The third-order valence-corrected chi connectivity index (χ3v) is 2.46. The average Bonchev–Trinajstić information content (AvgIpc) is 2.61. The van der Waals surface area contributed by atoms with Gasteiger partial charge in [-0.2, -0.15) is 5.10 Å². The molecular weight excluding hydrogens is 244 g/mol. The monoisotopic (exact) mass is 260 g/mol. The molecule has 1 aromatic heterocycles. The number of nitrogens with zero attached hydrogens (tertiary/aromatic N) is 2. The summed E-state index contributed by atoms with van der Waals surface area (Å²) in [7, 11) is 0. The van der Waals surface area contributed by atoms with Crippen molar-refractivity contribution >= 4 is 15.9 Å². The Hall–Kier alpha value is -0.510. The summed E-state index contributed by atoms with van der Waals surface area (Å²) >= 11 is 3.39. The molecule has 0 spiro atoms. The van der Waals surface area contributed by atoms with E-state index < -0.39 is 0 Å². The third-order valence-electron chi connectivity index (χ3n) is 1.90. The maximum absolute atomic E-state index is 5.53. The van der Waals surface area contributed by atoms with E-state index >= 15 is 0 Å². The lowest BCUT2D eigenvalue weighted by Crippen LogP contribution is -2.00. The molecule has 0 saturated heterocycles. The standard InChI is InChI=1S/C10H17BrN2O/c1-9(2)13-8-10(7-12-13)14-6-4-3-5-11/h7-9H,3-6H2,1-2H3. The van der Waals surface area contributed by atoms with Gasteiger partial charge in [-0.15, -0.1) is 0 Å². The first kappa shape index (κ1) is 11.6. The molecule has 1 heterocycles. The van der Waals surface area contributed by atoms with E-state index in [0.717, 1.165) is 30.5 Å². The Kier molecular flexibility index (Phi) is 5.01. The fourth-order valence-corrected chi connectivity index (χ4v) is 1.46. The molecule has 0 aromatic carbocycles. The number of alkyl halides is 1. The van der Waals surface area contributed by atoms with E-state index in [0.29, 0.717) is 6.04 Å². The Morgan fingerprint density at radius 1 is 1.50 bits per heavy atom. The van der Waals surface area contributed by atoms with Crippen LogP contribution >= 0.6 is 15.9 Å². The Morgan fingerprint density at radius 2 is 2.29 bits per heavy atom. The Bertz CT molecular complexity index is 260. The highest BCUT2D eigenvalue weighted by atomic mass is 79.9. The summed E-state index contributed by atoms with van der Waals surface area (Å²) in [6, 6.07) is 0.398. The molecule has 0 saturated carbocycles. The van der Waals surface area contributed by atoms with Crippen LogP contribution in [-0.4, -0.2) is 21.7 Å². The molecule has 0 aliphatic carbocycles. The number of hydrogen-bond donors (Lipinski definition) is 0. The van der Waals surface area contributed by atoms with Crippen LogP contribution in [-0.2, 0) is 0 Å². The maximum atomic E-state index is 5.53. The summed E-state index contributed by atoms with van der Waals surface area (Å²) < 4.78 is 7.44. The van der Waals surface area contributed by atoms with E-state index in [9.17, 15) is 0 Å². The van der Waals surface area contributed by atoms with Crippen LogP contribution in [0.1, 0.15) is 32.7 Å². The van der Waals surface area contributed by atoms with Crippen molar-refractivity contribution in [3.8, 4) is 5.75 Å². The molecule has 0 N–H and O–H groups in total. The van der Waals surface area contributed by atoms with Gasteiger partial charge in [0.2, 0.25) is 0 Å². The minimum atomic E-state index is 0.398. The summed E-state index contributed by atoms with van der Waals surface area (Å²) in [5.41, 5.74) is 0. The first-order valence-corrected chi connectivity index (χ1v) is 6.09. The van der Waals surface area contributed by atoms with Gasteiger partial charge in [0.25, 0.3) is 0 Å². The lowest BCUT2D eigenvalue weighted by molar-refractivity contribution is 0.309. The Balaban J connectivity index is 2.29. The predicted octanol–water partition coefficient (Wildman–Crippen LogP) is 3.02. The zero-order valence-corrected chi connectivity index (χ0v) is 10.3. The molecule has 1 aromatic rings. The van der Waals surface area contributed by atoms with Gasteiger partial charge < -0.3 is 4.74 Å². The molecular formula is C10H17BrN2O. The second-order valence-corrected chi connectivity index (χ2v) is 4.29. The number of ether oxygens (including phenoxy) is 1. The van der Waals surface area contributed by atoms with Gasteiger partial charge in [-0.1, -0.05) is 15.9 Å². The first-order valence-electron chi connectivity index (χ1n) is 4.97. The molecule has 80 valence electrons. The average molecular weight is 261 g/mol. The van der Waals surface area contributed by atoms with Crippen molar-refractivity contribution in [2.75, 3.05) is 11.9 Å². The molecule has 0 aliphatic rings. The molecule has 0 aliphatic heterocycles. The first-order chi connectivity index (χ1) is 6.74. The van der Waals surface area contributed by atoms with E-state index in [-0.39, 0.29) is 0 Å². The van der Waals surface area contributed by atoms with Crippen LogP contribution in [0.3, 0.4) is 0 Å². The SMILES string of the molecule is CC(C)n1cc(OCCCCBr)cn1. The molecule has 0 fully saturated rings. The third kappa shape index (κ3) is 3.70. The Morgan fingerprint density at radius 3 is 2.86 bits per heavy atom. The minimum absolute atomic E-state index is 0.398. The van der Waals surface area contributed by atoms with Crippen LogP contribution < -0.4 is 4.74 Å². The normalized spacial score (nSPS) is 10.9. The Labute approximate surface area is 93.6 Å². The molecule has 1 rings (SSSR count). The van der Waals surface area contributed by atoms with Gasteiger partial charge >= 0.3 is 0 Å².